The Morgan fingerprint density at radius 2 is 0.912 bits per heavy atom. The number of primary amides is 1. The van der Waals surface area contributed by atoms with Crippen LogP contribution in [0.1, 0.15) is 89.2 Å². The topological polar surface area (TPSA) is 530 Å². The highest BCUT2D eigenvalue weighted by Gasteiger charge is 2.34. The Morgan fingerprint density at radius 1 is 0.512 bits per heavy atom. The summed E-state index contributed by atoms with van der Waals surface area (Å²) >= 11 is 0. The van der Waals surface area contributed by atoms with Crippen molar-refractivity contribution in [3.63, 3.8) is 0 Å². The minimum Gasteiger partial charge on any atom is -0.508 e. The summed E-state index contributed by atoms with van der Waals surface area (Å²) in [5.74, 6) is -8.43. The molecule has 80 heavy (non-hydrogen) atoms. The van der Waals surface area contributed by atoms with Crippen molar-refractivity contribution in [2.24, 2.45) is 61.0 Å². The summed E-state index contributed by atoms with van der Waals surface area (Å²) in [6.07, 6.45) is -0.828. The zero-order valence-corrected chi connectivity index (χ0v) is 45.1. The van der Waals surface area contributed by atoms with E-state index < -0.39 is 102 Å². The van der Waals surface area contributed by atoms with Gasteiger partial charge in [0.1, 0.15) is 47.8 Å². The van der Waals surface area contributed by atoms with Crippen LogP contribution in [0.25, 0.3) is 0 Å². The molecule has 2 aromatic rings. The van der Waals surface area contributed by atoms with Gasteiger partial charge in [0.2, 0.25) is 41.4 Å². The minimum atomic E-state index is -1.50. The number of amides is 9. The number of carbonyl (C=O) groups is 9. The van der Waals surface area contributed by atoms with Crippen LogP contribution in [0.15, 0.2) is 63.5 Å². The molecular weight excluding hydrogens is 1040 g/mol. The average molecular weight is 1130 g/mol. The van der Waals surface area contributed by atoms with Crippen LogP contribution in [-0.4, -0.2) is 156 Å². The average Bonchev–Trinajstić information content (AvgIpc) is 3.38. The fourth-order valence-corrected chi connectivity index (χ4v) is 7.53. The molecule has 0 aliphatic rings. The van der Waals surface area contributed by atoms with Gasteiger partial charge in [-0.3, -0.25) is 58.7 Å². The molecule has 0 spiro atoms. The van der Waals surface area contributed by atoms with E-state index in [2.05, 4.69) is 57.5 Å². The highest BCUT2D eigenvalue weighted by Crippen LogP contribution is 2.15. The summed E-state index contributed by atoms with van der Waals surface area (Å²) in [4.78, 5) is 133. The number of aliphatic carboxylic acids is 1. The number of guanidine groups is 3. The number of nitrogens with zero attached hydrogens (tertiary/aromatic N) is 3. The summed E-state index contributed by atoms with van der Waals surface area (Å²) in [7, 11) is 0. The molecule has 0 aromatic heterocycles. The molecule has 0 heterocycles. The lowest BCUT2D eigenvalue weighted by Gasteiger charge is -2.28. The van der Waals surface area contributed by atoms with Gasteiger partial charge >= 0.3 is 12.0 Å². The molecule has 30 nitrogen and oxygen atoms in total. The van der Waals surface area contributed by atoms with Gasteiger partial charge in [-0.1, -0.05) is 38.1 Å². The number of phenols is 2. The Hall–Kier alpha value is -8.96. The number of hydrogen-bond donors (Lipinski definition) is 18. The highest BCUT2D eigenvalue weighted by atomic mass is 16.4. The van der Waals surface area contributed by atoms with Gasteiger partial charge < -0.3 is 92.7 Å². The lowest BCUT2D eigenvalue weighted by molar-refractivity contribution is -0.139. The van der Waals surface area contributed by atoms with Crippen LogP contribution in [0.4, 0.5) is 4.79 Å². The van der Waals surface area contributed by atoms with Crippen LogP contribution in [0.3, 0.4) is 0 Å². The fraction of sp³-hybridized carbons (Fsp3) is 0.520. The maximum absolute atomic E-state index is 14.6. The number of rotatable bonds is 36. The zero-order valence-electron chi connectivity index (χ0n) is 45.1. The van der Waals surface area contributed by atoms with Gasteiger partial charge in [-0.05, 0) is 99.2 Å². The predicted molar refractivity (Wildman–Crippen MR) is 296 cm³/mol. The molecule has 0 aliphatic heterocycles. The van der Waals surface area contributed by atoms with Gasteiger partial charge in [-0.2, -0.15) is 0 Å². The SMILES string of the molecule is CC(C)C[C@H](NC(=O)[C@H](CCCN=C(N)NC(=O)NCCCN)NC(=O)[C@H](Cc1ccc(O)cc1)NC(=O)[C@H](CCCN=C(N)N)NC(=O)CCC(=O)O)C(=O)N[C@@H](CCCN=C(N)N)C(=O)N[C@@H](Cc1ccc(O)cc1)C(N)=O. The van der Waals surface area contributed by atoms with E-state index in [9.17, 15) is 53.4 Å². The predicted octanol–water partition coefficient (Wildman–Crippen LogP) is -3.96. The standard InChI is InChI=1S/C50H80N18O12/c1-28(2)25-37(45(78)63-34(8-4-22-59-48(55)56)43(76)65-36(41(52)74)26-29-10-14-31(69)15-11-29)66-44(77)35(9-5-23-60-49(57)68-50(80)61-24-6-20-51)64-46(79)38(27-30-12-16-32(70)17-13-30)67-42(75)33(7-3-21-58-47(53)54)62-39(71)18-19-40(72)73/h10-17,28,33-38,69-70H,3-9,18-27,51H2,1-2H3,(H2,52,74)(H,62,71)(H,63,78)(H,64,79)(H,65,76)(H,66,77)(H,67,75)(H,72,73)(H4,53,54,58)(H4,55,56,59)(H4,57,60,61,68,80)/t33-,34-,35-,36-,37-,38-/m0/s1. The van der Waals surface area contributed by atoms with Crippen LogP contribution >= 0.6 is 0 Å². The van der Waals surface area contributed by atoms with E-state index in [1.807, 2.05) is 0 Å². The van der Waals surface area contributed by atoms with E-state index in [0.717, 1.165) is 0 Å². The van der Waals surface area contributed by atoms with Gasteiger partial charge in [0.05, 0.1) is 6.42 Å². The monoisotopic (exact) mass is 1120 g/mol. The Balaban J connectivity index is 2.60. The smallest absolute Gasteiger partial charge is 0.321 e. The Kier molecular flexibility index (Phi) is 30.4. The van der Waals surface area contributed by atoms with Crippen molar-refractivity contribution >= 4 is 71.2 Å². The van der Waals surface area contributed by atoms with Crippen molar-refractivity contribution in [3.8, 4) is 11.5 Å². The number of carboxylic acids is 1. The molecule has 6 atom stereocenters. The Bertz CT molecular complexity index is 2450. The van der Waals surface area contributed by atoms with E-state index in [0.29, 0.717) is 24.1 Å². The van der Waals surface area contributed by atoms with Gasteiger partial charge in [0, 0.05) is 45.4 Å². The van der Waals surface area contributed by atoms with E-state index in [4.69, 9.17) is 45.2 Å². The molecule has 30 heteroatoms. The molecule has 0 saturated carbocycles. The number of aromatic hydroxyl groups is 2. The highest BCUT2D eigenvalue weighted by molar-refractivity contribution is 5.98. The molecule has 0 saturated heterocycles. The number of phenolic OH excluding ortho intramolecular Hbond substituents is 2. The second-order valence-corrected chi connectivity index (χ2v) is 18.9. The van der Waals surface area contributed by atoms with Crippen LogP contribution in [0.5, 0.6) is 11.5 Å². The second kappa shape index (κ2) is 36.2. The molecule has 0 radical (unpaired) electrons. The summed E-state index contributed by atoms with van der Waals surface area (Å²) in [5, 5.41) is 49.6. The first-order chi connectivity index (χ1) is 37.9. The Labute approximate surface area is 463 Å². The molecule has 2 aromatic carbocycles. The van der Waals surface area contributed by atoms with E-state index in [1.54, 1.807) is 13.8 Å². The summed E-state index contributed by atoms with van der Waals surface area (Å²) < 4.78 is 0. The third-order valence-corrected chi connectivity index (χ3v) is 11.6. The van der Waals surface area contributed by atoms with Crippen molar-refractivity contribution < 1.29 is 58.5 Å². The molecule has 0 aliphatic carbocycles. The minimum absolute atomic E-state index is 0.00647. The normalized spacial score (nSPS) is 13.3. The molecule has 0 bridgehead atoms. The number of nitrogens with one attached hydrogen (secondary N) is 8. The molecule has 0 unspecified atom stereocenters. The van der Waals surface area contributed by atoms with Crippen LogP contribution in [0, 0.1) is 5.92 Å². The van der Waals surface area contributed by atoms with E-state index >= 15 is 0 Å². The van der Waals surface area contributed by atoms with Crippen molar-refractivity contribution in [3.05, 3.63) is 59.7 Å². The number of aliphatic imine (C=N–C) groups is 3. The van der Waals surface area contributed by atoms with Crippen LogP contribution < -0.4 is 82.7 Å². The second-order valence-electron chi connectivity index (χ2n) is 18.9. The molecular formula is C50H80N18O12. The van der Waals surface area contributed by atoms with Crippen molar-refractivity contribution in [2.45, 2.75) is 127 Å². The lowest BCUT2D eigenvalue weighted by Crippen LogP contribution is -2.60. The van der Waals surface area contributed by atoms with Gasteiger partial charge in [-0.25, -0.2) is 4.79 Å². The number of nitrogens with two attached hydrogens (primary N) is 7. The third-order valence-electron chi connectivity index (χ3n) is 11.6. The van der Waals surface area contributed by atoms with Crippen molar-refractivity contribution in [1.82, 2.24) is 42.5 Å². The Morgan fingerprint density at radius 3 is 1.35 bits per heavy atom. The first-order valence-electron chi connectivity index (χ1n) is 25.9. The number of urea groups is 1. The maximum atomic E-state index is 14.6. The molecule has 442 valence electrons. The van der Waals surface area contributed by atoms with Crippen LogP contribution in [-0.2, 0) is 51.2 Å². The van der Waals surface area contributed by atoms with E-state index in [1.165, 1.54) is 48.5 Å². The van der Waals surface area contributed by atoms with E-state index in [-0.39, 0.29) is 119 Å². The molecule has 9 amide bonds. The van der Waals surface area contributed by atoms with Gasteiger partial charge in [0.15, 0.2) is 17.9 Å². The number of hydrogen-bond acceptors (Lipinski definition) is 15. The number of carbonyl (C=O) groups excluding carboxylic acids is 8. The summed E-state index contributed by atoms with van der Waals surface area (Å²) in [5.41, 5.74) is 40.0. The quantitative estimate of drug-likeness (QED) is 0.0176. The first-order valence-corrected chi connectivity index (χ1v) is 25.9. The fourth-order valence-electron chi connectivity index (χ4n) is 7.53. The van der Waals surface area contributed by atoms with Crippen molar-refractivity contribution in [1.29, 1.82) is 0 Å². The lowest BCUT2D eigenvalue weighted by atomic mass is 10.00. The van der Waals surface area contributed by atoms with Crippen molar-refractivity contribution in [2.75, 3.05) is 32.7 Å². The first kappa shape index (κ1) is 67.2. The number of benzene rings is 2. The molecule has 0 fully saturated rings. The van der Waals surface area contributed by atoms with Gasteiger partial charge in [0.25, 0.3) is 0 Å². The third kappa shape index (κ3) is 28.4. The van der Waals surface area contributed by atoms with Gasteiger partial charge in [-0.15, -0.1) is 0 Å². The zero-order chi connectivity index (χ0) is 59.7. The largest absolute Gasteiger partial charge is 0.508 e. The number of carboxylic acid groups (broad SMARTS) is 1. The summed E-state index contributed by atoms with van der Waals surface area (Å²) in [6, 6.07) is 2.54. The molecule has 2 rings (SSSR count). The molecule has 25 N–H and O–H groups in total. The summed E-state index contributed by atoms with van der Waals surface area (Å²) in [6.45, 7) is 4.12. The van der Waals surface area contributed by atoms with Crippen LogP contribution in [0.2, 0.25) is 0 Å². The maximum Gasteiger partial charge on any atom is 0.321 e.